The lowest BCUT2D eigenvalue weighted by Crippen LogP contribution is -2.43. The highest BCUT2D eigenvalue weighted by atomic mass is 16.5. The molecule has 0 bridgehead atoms. The van der Waals surface area contributed by atoms with Crippen molar-refractivity contribution >= 4 is 11.7 Å². The highest BCUT2D eigenvalue weighted by Gasteiger charge is 2.26. The van der Waals surface area contributed by atoms with Crippen molar-refractivity contribution in [2.75, 3.05) is 25.1 Å². The van der Waals surface area contributed by atoms with Gasteiger partial charge >= 0.3 is 0 Å². The molecule has 1 amide bonds. The Morgan fingerprint density at radius 3 is 2.79 bits per heavy atom. The Morgan fingerprint density at radius 1 is 1.25 bits per heavy atom. The lowest BCUT2D eigenvalue weighted by atomic mass is 9.97. The summed E-state index contributed by atoms with van der Waals surface area (Å²) >= 11 is 0. The summed E-state index contributed by atoms with van der Waals surface area (Å²) in [7, 11) is 1.57. The zero-order valence-electron chi connectivity index (χ0n) is 13.8. The highest BCUT2D eigenvalue weighted by molar-refractivity contribution is 5.79. The normalized spacial score (nSPS) is 17.4. The van der Waals surface area contributed by atoms with Crippen LogP contribution in [0.3, 0.4) is 0 Å². The molecule has 1 aliphatic heterocycles. The van der Waals surface area contributed by atoms with Gasteiger partial charge in [-0.25, -0.2) is 0 Å². The van der Waals surface area contributed by atoms with E-state index in [0.717, 1.165) is 30.8 Å². The van der Waals surface area contributed by atoms with Gasteiger partial charge < -0.3 is 15.0 Å². The third-order valence-electron chi connectivity index (χ3n) is 4.26. The zero-order valence-corrected chi connectivity index (χ0v) is 13.8. The standard InChI is InChI=1S/C18H22N4O2/c1-24-17-10-9-16(20-21-17)22-11-5-8-15(13-22)18(23)19-12-14-6-3-2-4-7-14/h2-4,6-7,9-10,15H,5,8,11-13H2,1H3,(H,19,23)/t15-/m1/s1. The third-order valence-corrected chi connectivity index (χ3v) is 4.26. The van der Waals surface area contributed by atoms with Crippen LogP contribution >= 0.6 is 0 Å². The molecule has 1 atom stereocenters. The maximum absolute atomic E-state index is 12.5. The lowest BCUT2D eigenvalue weighted by Gasteiger charge is -2.32. The van der Waals surface area contributed by atoms with Crippen molar-refractivity contribution < 1.29 is 9.53 Å². The number of carbonyl (C=O) groups excluding carboxylic acids is 1. The number of nitrogens with one attached hydrogen (secondary N) is 1. The van der Waals surface area contributed by atoms with Gasteiger partial charge in [0.25, 0.3) is 0 Å². The molecule has 0 unspecified atom stereocenters. The Hall–Kier alpha value is -2.63. The van der Waals surface area contributed by atoms with Crippen LogP contribution in [0.1, 0.15) is 18.4 Å². The van der Waals surface area contributed by atoms with Crippen molar-refractivity contribution in [2.45, 2.75) is 19.4 Å². The maximum atomic E-state index is 12.5. The summed E-state index contributed by atoms with van der Waals surface area (Å²) in [6.07, 6.45) is 1.87. The molecule has 1 aliphatic rings. The number of carbonyl (C=O) groups is 1. The maximum Gasteiger partial charge on any atom is 0.233 e. The minimum absolute atomic E-state index is 0.0219. The summed E-state index contributed by atoms with van der Waals surface area (Å²) < 4.78 is 5.03. The van der Waals surface area contributed by atoms with E-state index in [1.54, 1.807) is 13.2 Å². The van der Waals surface area contributed by atoms with Crippen molar-refractivity contribution in [3.05, 3.63) is 48.0 Å². The molecule has 1 aromatic carbocycles. The van der Waals surface area contributed by atoms with Crippen LogP contribution in [0.5, 0.6) is 5.88 Å². The molecule has 1 N–H and O–H groups in total. The van der Waals surface area contributed by atoms with Crippen molar-refractivity contribution in [1.82, 2.24) is 15.5 Å². The fourth-order valence-corrected chi connectivity index (χ4v) is 2.92. The van der Waals surface area contributed by atoms with Gasteiger partial charge in [-0.05, 0) is 24.5 Å². The summed E-state index contributed by atoms with van der Waals surface area (Å²) in [5.74, 6) is 1.36. The predicted molar refractivity (Wildman–Crippen MR) is 91.8 cm³/mol. The van der Waals surface area contributed by atoms with Gasteiger partial charge in [-0.3, -0.25) is 4.79 Å². The summed E-state index contributed by atoms with van der Waals surface area (Å²) in [6, 6.07) is 13.6. The Labute approximate surface area is 141 Å². The number of hydrogen-bond donors (Lipinski definition) is 1. The average molecular weight is 326 g/mol. The number of methoxy groups -OCH3 is 1. The van der Waals surface area contributed by atoms with E-state index in [9.17, 15) is 4.79 Å². The zero-order chi connectivity index (χ0) is 16.8. The first-order valence-corrected chi connectivity index (χ1v) is 8.20. The summed E-state index contributed by atoms with van der Waals surface area (Å²) in [4.78, 5) is 14.6. The largest absolute Gasteiger partial charge is 0.480 e. The Morgan fingerprint density at radius 2 is 2.08 bits per heavy atom. The monoisotopic (exact) mass is 326 g/mol. The van der Waals surface area contributed by atoms with E-state index >= 15 is 0 Å². The van der Waals surface area contributed by atoms with Crippen molar-refractivity contribution in [3.63, 3.8) is 0 Å². The molecular formula is C18H22N4O2. The molecule has 6 nitrogen and oxygen atoms in total. The average Bonchev–Trinajstić information content (AvgIpc) is 2.67. The molecule has 126 valence electrons. The van der Waals surface area contributed by atoms with E-state index in [1.807, 2.05) is 36.4 Å². The van der Waals surface area contributed by atoms with Gasteiger partial charge in [0.15, 0.2) is 5.82 Å². The molecular weight excluding hydrogens is 304 g/mol. The van der Waals surface area contributed by atoms with Crippen LogP contribution in [0.4, 0.5) is 5.82 Å². The quantitative estimate of drug-likeness (QED) is 0.910. The van der Waals surface area contributed by atoms with Crippen LogP contribution < -0.4 is 15.0 Å². The summed E-state index contributed by atoms with van der Waals surface area (Å²) in [6.45, 7) is 2.13. The fraction of sp³-hybridized carbons (Fsp3) is 0.389. The molecule has 0 radical (unpaired) electrons. The second kappa shape index (κ2) is 7.77. The third kappa shape index (κ3) is 4.01. The first-order chi connectivity index (χ1) is 11.8. The van der Waals surface area contributed by atoms with Crippen molar-refractivity contribution in [1.29, 1.82) is 0 Å². The van der Waals surface area contributed by atoms with Gasteiger partial charge in [-0.15, -0.1) is 10.2 Å². The Bertz CT molecular complexity index is 660. The number of piperidine rings is 1. The molecule has 2 heterocycles. The summed E-state index contributed by atoms with van der Waals surface area (Å²) in [5, 5.41) is 11.2. The van der Waals surface area contributed by atoms with Gasteiger partial charge in [0.2, 0.25) is 11.8 Å². The first-order valence-electron chi connectivity index (χ1n) is 8.20. The minimum atomic E-state index is -0.0219. The Kier molecular flexibility index (Phi) is 5.25. The second-order valence-electron chi connectivity index (χ2n) is 5.92. The number of benzene rings is 1. The molecule has 3 rings (SSSR count). The molecule has 1 aromatic heterocycles. The number of ether oxygens (including phenoxy) is 1. The van der Waals surface area contributed by atoms with Gasteiger partial charge in [0, 0.05) is 25.7 Å². The van der Waals surface area contributed by atoms with E-state index in [1.165, 1.54) is 0 Å². The van der Waals surface area contributed by atoms with E-state index in [4.69, 9.17) is 4.74 Å². The van der Waals surface area contributed by atoms with E-state index in [2.05, 4.69) is 20.4 Å². The fourth-order valence-electron chi connectivity index (χ4n) is 2.92. The predicted octanol–water partition coefficient (Wildman–Crippen LogP) is 2.02. The second-order valence-corrected chi connectivity index (χ2v) is 5.92. The number of anilines is 1. The number of aromatic nitrogens is 2. The molecule has 6 heteroatoms. The van der Waals surface area contributed by atoms with Crippen LogP contribution in [0.2, 0.25) is 0 Å². The topological polar surface area (TPSA) is 67.3 Å². The van der Waals surface area contributed by atoms with Gasteiger partial charge in [-0.1, -0.05) is 30.3 Å². The molecule has 0 aliphatic carbocycles. The van der Waals surface area contributed by atoms with Crippen LogP contribution in [0.15, 0.2) is 42.5 Å². The Balaban J connectivity index is 1.57. The first kappa shape index (κ1) is 16.2. The van der Waals surface area contributed by atoms with Crippen LogP contribution in [0, 0.1) is 5.92 Å². The number of hydrogen-bond acceptors (Lipinski definition) is 5. The molecule has 1 fully saturated rings. The number of nitrogens with zero attached hydrogens (tertiary/aromatic N) is 3. The van der Waals surface area contributed by atoms with E-state index in [-0.39, 0.29) is 11.8 Å². The smallest absolute Gasteiger partial charge is 0.233 e. The van der Waals surface area contributed by atoms with Crippen LogP contribution in [-0.4, -0.2) is 36.3 Å². The van der Waals surface area contributed by atoms with Crippen molar-refractivity contribution in [3.8, 4) is 5.88 Å². The molecule has 0 spiro atoms. The SMILES string of the molecule is COc1ccc(N2CCC[C@@H](C(=O)NCc3ccccc3)C2)nn1. The van der Waals surface area contributed by atoms with Gasteiger partial charge in [0.05, 0.1) is 13.0 Å². The highest BCUT2D eigenvalue weighted by Crippen LogP contribution is 2.22. The molecule has 1 saturated heterocycles. The summed E-state index contributed by atoms with van der Waals surface area (Å²) in [5.41, 5.74) is 1.11. The van der Waals surface area contributed by atoms with Crippen molar-refractivity contribution in [2.24, 2.45) is 5.92 Å². The van der Waals surface area contributed by atoms with Gasteiger partial charge in [-0.2, -0.15) is 0 Å². The van der Waals surface area contributed by atoms with Crippen LogP contribution in [0.25, 0.3) is 0 Å². The van der Waals surface area contributed by atoms with E-state index in [0.29, 0.717) is 19.0 Å². The molecule has 0 saturated carbocycles. The van der Waals surface area contributed by atoms with Gasteiger partial charge in [0.1, 0.15) is 0 Å². The van der Waals surface area contributed by atoms with E-state index < -0.39 is 0 Å². The number of amides is 1. The van der Waals surface area contributed by atoms with Crippen LogP contribution in [-0.2, 0) is 11.3 Å². The number of rotatable bonds is 5. The molecule has 2 aromatic rings. The minimum Gasteiger partial charge on any atom is -0.480 e. The molecule has 24 heavy (non-hydrogen) atoms. The lowest BCUT2D eigenvalue weighted by molar-refractivity contribution is -0.125.